The van der Waals surface area contributed by atoms with Crippen LogP contribution in [0.15, 0.2) is 109 Å². The van der Waals surface area contributed by atoms with Crippen LogP contribution >= 0.6 is 7.82 Å². The van der Waals surface area contributed by atoms with Gasteiger partial charge in [-0.1, -0.05) is 142 Å². The number of nitrogens with two attached hydrogens (primary N) is 1. The van der Waals surface area contributed by atoms with Crippen LogP contribution < -0.4 is 5.73 Å². The Hall–Kier alpha value is -3.37. The van der Waals surface area contributed by atoms with E-state index in [1.54, 1.807) is 6.08 Å². The molecule has 0 aliphatic heterocycles. The molecule has 2 unspecified atom stereocenters. The Morgan fingerprint density at radius 1 is 0.621 bits per heavy atom. The second-order valence-corrected chi connectivity index (χ2v) is 15.1. The Bertz CT molecular complexity index is 1330. The molecule has 4 N–H and O–H groups in total. The molecule has 0 aromatic heterocycles. The maximum atomic E-state index is 12.6. The molecule has 328 valence electrons. The third-order valence-electron chi connectivity index (χ3n) is 8.22. The van der Waals surface area contributed by atoms with Gasteiger partial charge in [0.1, 0.15) is 6.61 Å². The molecule has 0 aromatic carbocycles. The molecule has 3 atom stereocenters. The molecule has 10 nitrogen and oxygen atoms in total. The van der Waals surface area contributed by atoms with E-state index < -0.39 is 38.6 Å². The van der Waals surface area contributed by atoms with Crippen LogP contribution in [0, 0.1) is 0 Å². The molecular weight excluding hydrogens is 753 g/mol. The zero-order valence-electron chi connectivity index (χ0n) is 35.6. The fourth-order valence-corrected chi connectivity index (χ4v) is 5.79. The van der Waals surface area contributed by atoms with E-state index in [0.717, 1.165) is 51.4 Å². The first-order chi connectivity index (χ1) is 28.2. The van der Waals surface area contributed by atoms with Crippen LogP contribution in [0.3, 0.4) is 0 Å². The van der Waals surface area contributed by atoms with Crippen LogP contribution in [0.4, 0.5) is 0 Å². The summed E-state index contributed by atoms with van der Waals surface area (Å²) in [6.45, 7) is 3.36. The second-order valence-electron chi connectivity index (χ2n) is 13.7. The van der Waals surface area contributed by atoms with Crippen LogP contribution in [0.2, 0.25) is 0 Å². The van der Waals surface area contributed by atoms with Gasteiger partial charge < -0.3 is 25.2 Å². The van der Waals surface area contributed by atoms with Crippen LogP contribution in [0.25, 0.3) is 0 Å². The van der Waals surface area contributed by atoms with Crippen LogP contribution in [-0.2, 0) is 32.7 Å². The number of carbonyl (C=O) groups is 2. The maximum absolute atomic E-state index is 12.6. The van der Waals surface area contributed by atoms with E-state index in [2.05, 4.69) is 74.6 Å². The number of unbranched alkanes of at least 4 members (excludes halogenated alkanes) is 7. The summed E-state index contributed by atoms with van der Waals surface area (Å²) < 4.78 is 32.6. The summed E-state index contributed by atoms with van der Waals surface area (Å²) in [5, 5.41) is 10.0. The molecule has 0 fully saturated rings. The monoisotopic (exact) mass is 830 g/mol. The van der Waals surface area contributed by atoms with Crippen molar-refractivity contribution in [3.05, 3.63) is 109 Å². The van der Waals surface area contributed by atoms with Crippen molar-refractivity contribution in [2.24, 2.45) is 5.73 Å². The average Bonchev–Trinajstić information content (AvgIpc) is 3.21. The smallest absolute Gasteiger partial charge is 0.462 e. The Kier molecular flexibility index (Phi) is 39.4. The zero-order chi connectivity index (χ0) is 42.6. The topological polar surface area (TPSA) is 155 Å². The molecule has 0 amide bonds. The minimum Gasteiger partial charge on any atom is -0.462 e. The maximum Gasteiger partial charge on any atom is 0.472 e. The standard InChI is InChI=1S/C47H76NO9P/c1-3-5-7-9-11-12-13-14-15-16-17-18-19-20-21-22-26-30-34-38-46(50)54-42-45(43-56-58(52,53)55-41-40-48)57-47(51)39-35-31-27-24-23-25-29-33-37-44(49)36-32-28-10-8-6-4-2/h6,8,11-12,14-15,17-18,20-21,24-25,27-29,32-33,37,44-45,49H,3-5,7,9-10,13,16,19,22-23,26,30-31,34-36,38-43,48H2,1-2H3,(H,52,53)/b8-6-,12-11-,15-14-,18-17-,21-20-,27-24-,29-25-,32-28-,37-33+/t44?,45-/m1/s1. The lowest BCUT2D eigenvalue weighted by atomic mass is 10.1. The van der Waals surface area contributed by atoms with Gasteiger partial charge in [-0.2, -0.15) is 0 Å². The van der Waals surface area contributed by atoms with Crippen molar-refractivity contribution in [3.8, 4) is 0 Å². The summed E-state index contributed by atoms with van der Waals surface area (Å²) in [5.41, 5.74) is 5.33. The normalized spacial score (nSPS) is 14.9. The van der Waals surface area contributed by atoms with E-state index in [4.69, 9.17) is 24.3 Å². The minimum atomic E-state index is -4.42. The van der Waals surface area contributed by atoms with E-state index in [1.807, 2.05) is 42.5 Å². The lowest BCUT2D eigenvalue weighted by Crippen LogP contribution is -2.29. The summed E-state index contributed by atoms with van der Waals surface area (Å²) in [4.78, 5) is 34.8. The van der Waals surface area contributed by atoms with Gasteiger partial charge in [-0.05, 0) is 89.9 Å². The highest BCUT2D eigenvalue weighted by molar-refractivity contribution is 7.47. The molecule has 0 aromatic rings. The van der Waals surface area contributed by atoms with E-state index >= 15 is 0 Å². The SMILES string of the molecule is CC/C=C\C/C=C\CC(O)/C=C/C=C\C/C=C\CCCC(=O)O[C@H](COC(=O)CCCCC/C=C\C/C=C\C/C=C\C/C=C\CCCCC)COP(=O)(O)OCCN. The molecule has 0 heterocycles. The van der Waals surface area contributed by atoms with Gasteiger partial charge in [-0.25, -0.2) is 4.57 Å². The van der Waals surface area contributed by atoms with Crippen molar-refractivity contribution < 1.29 is 42.7 Å². The van der Waals surface area contributed by atoms with Crippen LogP contribution in [0.1, 0.15) is 136 Å². The van der Waals surface area contributed by atoms with Gasteiger partial charge in [-0.3, -0.25) is 18.6 Å². The Morgan fingerprint density at radius 3 is 1.79 bits per heavy atom. The number of hydrogen-bond donors (Lipinski definition) is 3. The van der Waals surface area contributed by atoms with Crippen molar-refractivity contribution in [1.29, 1.82) is 0 Å². The molecule has 0 bridgehead atoms. The van der Waals surface area contributed by atoms with Crippen molar-refractivity contribution >= 4 is 19.8 Å². The first kappa shape index (κ1) is 54.6. The number of allylic oxidation sites excluding steroid dienone is 16. The summed E-state index contributed by atoms with van der Waals surface area (Å²) >= 11 is 0. The number of esters is 2. The molecular formula is C47H76NO9P. The van der Waals surface area contributed by atoms with Gasteiger partial charge in [0.15, 0.2) is 6.10 Å². The van der Waals surface area contributed by atoms with Gasteiger partial charge in [0, 0.05) is 19.4 Å². The van der Waals surface area contributed by atoms with E-state index in [1.165, 1.54) is 25.7 Å². The number of rotatable bonds is 38. The highest BCUT2D eigenvalue weighted by atomic mass is 31.2. The van der Waals surface area contributed by atoms with Gasteiger partial charge >= 0.3 is 19.8 Å². The molecule has 11 heteroatoms. The first-order valence-electron chi connectivity index (χ1n) is 21.5. The fraction of sp³-hybridized carbons (Fsp3) is 0.574. The lowest BCUT2D eigenvalue weighted by Gasteiger charge is -2.19. The summed E-state index contributed by atoms with van der Waals surface area (Å²) in [6, 6.07) is 0. The number of phosphoric ester groups is 1. The molecule has 0 spiro atoms. The largest absolute Gasteiger partial charge is 0.472 e. The van der Waals surface area contributed by atoms with Gasteiger partial charge in [0.25, 0.3) is 0 Å². The third-order valence-corrected chi connectivity index (χ3v) is 9.21. The Labute approximate surface area is 351 Å². The summed E-state index contributed by atoms with van der Waals surface area (Å²) in [6.07, 6.45) is 51.5. The van der Waals surface area contributed by atoms with Crippen LogP contribution in [0.5, 0.6) is 0 Å². The van der Waals surface area contributed by atoms with Gasteiger partial charge in [-0.15, -0.1) is 0 Å². The van der Waals surface area contributed by atoms with E-state index in [-0.39, 0.29) is 32.6 Å². The van der Waals surface area contributed by atoms with Crippen molar-refractivity contribution in [2.45, 2.75) is 148 Å². The van der Waals surface area contributed by atoms with Crippen LogP contribution in [-0.4, -0.2) is 60.5 Å². The average molecular weight is 830 g/mol. The van der Waals surface area contributed by atoms with Gasteiger partial charge in [0.2, 0.25) is 0 Å². The minimum absolute atomic E-state index is 0.0230. The number of aliphatic hydroxyl groups excluding tert-OH is 1. The number of hydrogen-bond acceptors (Lipinski definition) is 9. The van der Waals surface area contributed by atoms with Gasteiger partial charge in [0.05, 0.1) is 19.3 Å². The molecule has 0 aliphatic carbocycles. The predicted molar refractivity (Wildman–Crippen MR) is 239 cm³/mol. The van der Waals surface area contributed by atoms with Crippen molar-refractivity contribution in [2.75, 3.05) is 26.4 Å². The number of phosphoric acid groups is 1. The molecule has 0 radical (unpaired) electrons. The number of aliphatic hydroxyl groups is 1. The second kappa shape index (κ2) is 41.8. The highest BCUT2D eigenvalue weighted by Gasteiger charge is 2.25. The predicted octanol–water partition coefficient (Wildman–Crippen LogP) is 11.4. The van der Waals surface area contributed by atoms with Crippen molar-refractivity contribution in [3.63, 3.8) is 0 Å². The molecule has 0 saturated carbocycles. The Morgan fingerprint density at radius 2 is 1.17 bits per heavy atom. The fourth-order valence-electron chi connectivity index (χ4n) is 5.03. The first-order valence-corrected chi connectivity index (χ1v) is 23.0. The number of carbonyl (C=O) groups excluding carboxylic acids is 2. The lowest BCUT2D eigenvalue weighted by molar-refractivity contribution is -0.161. The van der Waals surface area contributed by atoms with E-state index in [0.29, 0.717) is 32.1 Å². The quantitative estimate of drug-likeness (QED) is 0.0180. The molecule has 0 saturated heterocycles. The number of ether oxygens (including phenoxy) is 2. The third kappa shape index (κ3) is 40.8. The molecule has 0 aliphatic rings. The Balaban J connectivity index is 4.41. The van der Waals surface area contributed by atoms with Crippen molar-refractivity contribution in [1.82, 2.24) is 0 Å². The summed E-state index contributed by atoms with van der Waals surface area (Å²) in [7, 11) is -4.42. The zero-order valence-corrected chi connectivity index (χ0v) is 36.5. The molecule has 58 heavy (non-hydrogen) atoms. The summed E-state index contributed by atoms with van der Waals surface area (Å²) in [5.74, 6) is -0.985. The van der Waals surface area contributed by atoms with E-state index in [9.17, 15) is 24.2 Å². The molecule has 0 rings (SSSR count). The highest BCUT2D eigenvalue weighted by Crippen LogP contribution is 2.43.